The van der Waals surface area contributed by atoms with Crippen molar-refractivity contribution in [3.8, 4) is 0 Å². The number of benzene rings is 1. The maximum atomic E-state index is 10.9. The Hall–Kier alpha value is -2.40. The molecule has 4 rings (SSSR count). The minimum Gasteiger partial charge on any atom is -0.390 e. The molecule has 1 fully saturated rings. The van der Waals surface area contributed by atoms with Crippen LogP contribution in [0.4, 0.5) is 5.69 Å². The molecule has 0 amide bonds. The molecular formula is C20H26N5O6P. The topological polar surface area (TPSA) is 152 Å². The Morgan fingerprint density at radius 1 is 1.31 bits per heavy atom. The second-order valence-electron chi connectivity index (χ2n) is 7.96. The van der Waals surface area contributed by atoms with Gasteiger partial charge in [0.05, 0.1) is 18.4 Å². The number of aliphatic hydroxyl groups excluding tert-OH is 1. The van der Waals surface area contributed by atoms with Gasteiger partial charge in [0.15, 0.2) is 17.4 Å². The fourth-order valence-electron chi connectivity index (χ4n) is 3.69. The molecule has 1 aromatic carbocycles. The van der Waals surface area contributed by atoms with Crippen LogP contribution in [0.2, 0.25) is 0 Å². The van der Waals surface area contributed by atoms with E-state index in [0.29, 0.717) is 17.7 Å². The molecule has 0 unspecified atom stereocenters. The van der Waals surface area contributed by atoms with Crippen molar-refractivity contribution in [2.45, 2.75) is 45.2 Å². The molecule has 4 N–H and O–H groups in total. The van der Waals surface area contributed by atoms with Crippen LogP contribution in [-0.4, -0.2) is 60.0 Å². The Balaban J connectivity index is 1.50. The fraction of sp³-hybridized carbons (Fsp3) is 0.450. The lowest BCUT2D eigenvalue weighted by Gasteiger charge is -2.15. The minimum atomic E-state index is -4.29. The van der Waals surface area contributed by atoms with Gasteiger partial charge in [-0.25, -0.2) is 4.98 Å². The summed E-state index contributed by atoms with van der Waals surface area (Å²) in [5.41, 5.74) is 4.99. The number of aliphatic hydroxyl groups is 1. The highest BCUT2D eigenvalue weighted by Crippen LogP contribution is 2.35. The lowest BCUT2D eigenvalue weighted by Crippen LogP contribution is -2.26. The van der Waals surface area contributed by atoms with E-state index < -0.39 is 32.4 Å². The number of hydrogen-bond donors (Lipinski definition) is 4. The van der Waals surface area contributed by atoms with Gasteiger partial charge in [-0.1, -0.05) is 35.0 Å². The van der Waals surface area contributed by atoms with Crippen molar-refractivity contribution in [1.82, 2.24) is 20.0 Å². The van der Waals surface area contributed by atoms with E-state index in [1.54, 1.807) is 0 Å². The predicted molar refractivity (Wildman–Crippen MR) is 116 cm³/mol. The number of aromatic nitrogens is 4. The largest absolute Gasteiger partial charge is 0.390 e. The Bertz CT molecular complexity index is 1150. The number of anilines is 1. The molecule has 32 heavy (non-hydrogen) atoms. The van der Waals surface area contributed by atoms with Crippen LogP contribution >= 0.6 is 7.60 Å². The standard InChI is InChI=1S/C20H26N5O6P/c1-12-4-3-5-14(6-12)9-21-15-7-13(2)22-20-19(15)23-24-25(20)18-8-16(26)17(31-18)10-30-11-32(27,28)29/h3-7,16-18,26H,8-11H2,1-2H3,(H,21,22)(H2,27,28,29)/t16-,17+,18+/m0/s1. The number of pyridine rings is 1. The first-order chi connectivity index (χ1) is 15.2. The first-order valence-electron chi connectivity index (χ1n) is 10.2. The molecule has 2 aromatic heterocycles. The van der Waals surface area contributed by atoms with Gasteiger partial charge in [-0.2, -0.15) is 4.68 Å². The van der Waals surface area contributed by atoms with Crippen LogP contribution < -0.4 is 5.32 Å². The third-order valence-electron chi connectivity index (χ3n) is 5.14. The van der Waals surface area contributed by atoms with Crippen molar-refractivity contribution in [2.75, 3.05) is 18.3 Å². The second kappa shape index (κ2) is 9.22. The van der Waals surface area contributed by atoms with Crippen LogP contribution in [0.25, 0.3) is 11.2 Å². The molecule has 172 valence electrons. The van der Waals surface area contributed by atoms with Crippen LogP contribution in [0.5, 0.6) is 0 Å². The van der Waals surface area contributed by atoms with Crippen molar-refractivity contribution in [1.29, 1.82) is 0 Å². The number of rotatable bonds is 8. The van der Waals surface area contributed by atoms with Crippen molar-refractivity contribution < 1.29 is 28.9 Å². The Kier molecular flexibility index (Phi) is 6.57. The zero-order valence-corrected chi connectivity index (χ0v) is 18.6. The lowest BCUT2D eigenvalue weighted by atomic mass is 10.1. The van der Waals surface area contributed by atoms with Crippen molar-refractivity contribution in [3.63, 3.8) is 0 Å². The molecule has 11 nitrogen and oxygen atoms in total. The van der Waals surface area contributed by atoms with Crippen LogP contribution in [0.15, 0.2) is 30.3 Å². The molecule has 0 saturated carbocycles. The Morgan fingerprint density at radius 2 is 2.12 bits per heavy atom. The van der Waals surface area contributed by atoms with Crippen molar-refractivity contribution in [3.05, 3.63) is 47.2 Å². The smallest absolute Gasteiger partial charge is 0.350 e. The van der Waals surface area contributed by atoms with Gasteiger partial charge in [-0.05, 0) is 25.5 Å². The molecule has 1 aliphatic rings. The van der Waals surface area contributed by atoms with Crippen LogP contribution in [0.3, 0.4) is 0 Å². The summed E-state index contributed by atoms with van der Waals surface area (Å²) in [5.74, 6) is 0. The van der Waals surface area contributed by atoms with Gasteiger partial charge >= 0.3 is 7.60 Å². The average molecular weight is 463 g/mol. The molecule has 1 saturated heterocycles. The van der Waals surface area contributed by atoms with Gasteiger partial charge < -0.3 is 29.7 Å². The normalized spacial score (nSPS) is 21.3. The summed E-state index contributed by atoms with van der Waals surface area (Å²) in [5, 5.41) is 22.2. The summed E-state index contributed by atoms with van der Waals surface area (Å²) in [6.45, 7) is 4.39. The molecule has 0 spiro atoms. The number of aryl methyl sites for hydroxylation is 2. The highest BCUT2D eigenvalue weighted by molar-refractivity contribution is 7.51. The molecule has 0 radical (unpaired) electrons. The van der Waals surface area contributed by atoms with Gasteiger partial charge in [0.1, 0.15) is 12.5 Å². The zero-order valence-electron chi connectivity index (χ0n) is 17.7. The molecular weight excluding hydrogens is 437 g/mol. The zero-order chi connectivity index (χ0) is 22.9. The maximum Gasteiger partial charge on any atom is 0.350 e. The predicted octanol–water partition coefficient (Wildman–Crippen LogP) is 1.86. The summed E-state index contributed by atoms with van der Waals surface area (Å²) < 4.78 is 23.3. The van der Waals surface area contributed by atoms with E-state index in [1.165, 1.54) is 10.2 Å². The van der Waals surface area contributed by atoms with E-state index in [1.807, 2.05) is 38.1 Å². The quantitative estimate of drug-likeness (QED) is 0.364. The van der Waals surface area contributed by atoms with Crippen molar-refractivity contribution in [2.24, 2.45) is 0 Å². The Morgan fingerprint density at radius 3 is 2.88 bits per heavy atom. The van der Waals surface area contributed by atoms with Gasteiger partial charge in [-0.3, -0.25) is 4.57 Å². The number of nitrogens with one attached hydrogen (secondary N) is 1. The van der Waals surface area contributed by atoms with Crippen molar-refractivity contribution >= 4 is 24.4 Å². The van der Waals surface area contributed by atoms with Gasteiger partial charge in [0.2, 0.25) is 0 Å². The molecule has 12 heteroatoms. The van der Waals surface area contributed by atoms with Gasteiger partial charge in [0, 0.05) is 18.7 Å². The molecule has 3 heterocycles. The highest BCUT2D eigenvalue weighted by Gasteiger charge is 2.37. The lowest BCUT2D eigenvalue weighted by molar-refractivity contribution is -0.0601. The van der Waals surface area contributed by atoms with E-state index >= 15 is 0 Å². The van der Waals surface area contributed by atoms with Crippen LogP contribution in [0, 0.1) is 13.8 Å². The van der Waals surface area contributed by atoms with Crippen LogP contribution in [-0.2, 0) is 20.6 Å². The number of fused-ring (bicyclic) bond motifs is 1. The number of hydrogen-bond acceptors (Lipinski definition) is 8. The molecule has 3 atom stereocenters. The maximum absolute atomic E-state index is 10.9. The first-order valence-corrected chi connectivity index (χ1v) is 12.0. The first kappa shape index (κ1) is 22.8. The van der Waals surface area contributed by atoms with E-state index in [-0.39, 0.29) is 13.0 Å². The molecule has 0 bridgehead atoms. The summed E-state index contributed by atoms with van der Waals surface area (Å²) >= 11 is 0. The molecule has 0 aliphatic carbocycles. The number of nitrogens with zero attached hydrogens (tertiary/aromatic N) is 4. The second-order valence-corrected chi connectivity index (χ2v) is 9.54. The van der Waals surface area contributed by atoms with E-state index in [2.05, 4.69) is 26.7 Å². The highest BCUT2D eigenvalue weighted by atomic mass is 31.2. The number of ether oxygens (including phenoxy) is 2. The fourth-order valence-corrected chi connectivity index (χ4v) is 4.04. The average Bonchev–Trinajstić information content (AvgIpc) is 3.28. The minimum absolute atomic E-state index is 0.148. The summed E-state index contributed by atoms with van der Waals surface area (Å²) in [7, 11) is -4.29. The molecule has 1 aliphatic heterocycles. The van der Waals surface area contributed by atoms with E-state index in [4.69, 9.17) is 19.3 Å². The Labute approximate surface area is 184 Å². The van der Waals surface area contributed by atoms with E-state index in [9.17, 15) is 9.67 Å². The van der Waals surface area contributed by atoms with Gasteiger partial charge in [-0.15, -0.1) is 5.10 Å². The van der Waals surface area contributed by atoms with Gasteiger partial charge in [0.25, 0.3) is 0 Å². The summed E-state index contributed by atoms with van der Waals surface area (Å²) in [6, 6.07) is 10.1. The third-order valence-corrected chi connectivity index (χ3v) is 5.66. The van der Waals surface area contributed by atoms with E-state index in [0.717, 1.165) is 16.9 Å². The summed E-state index contributed by atoms with van der Waals surface area (Å²) in [6.07, 6.45) is -2.75. The monoisotopic (exact) mass is 463 g/mol. The SMILES string of the molecule is Cc1cccc(CNc2cc(C)nc3c2nnn3[C@H]2C[C@H](O)[C@@H](COCP(=O)(O)O)O2)c1. The molecule has 3 aromatic rings. The summed E-state index contributed by atoms with van der Waals surface area (Å²) in [4.78, 5) is 22.4. The third kappa shape index (κ3) is 5.32. The van der Waals surface area contributed by atoms with Crippen LogP contribution in [0.1, 0.15) is 29.5 Å².